The Morgan fingerprint density at radius 2 is 1.95 bits per heavy atom. The highest BCUT2D eigenvalue weighted by molar-refractivity contribution is 8.04. The number of likely N-dealkylation sites (N-methyl/N-ethyl adjacent to an activating group) is 1. The van der Waals surface area contributed by atoms with Gasteiger partial charge in [0.25, 0.3) is 11.8 Å². The van der Waals surface area contributed by atoms with E-state index in [4.69, 9.17) is 11.1 Å². The summed E-state index contributed by atoms with van der Waals surface area (Å²) < 4.78 is 38.6. The molecule has 1 aliphatic carbocycles. The number of aliphatic hydroxyl groups is 1. The molecule has 0 aromatic heterocycles. The Morgan fingerprint density at radius 3 is 2.51 bits per heavy atom. The van der Waals surface area contributed by atoms with Crippen molar-refractivity contribution in [1.82, 2.24) is 15.5 Å². The first kappa shape index (κ1) is 30.5. The maximum Gasteiger partial charge on any atom is 0.416 e. The third-order valence-electron chi connectivity index (χ3n) is 6.99. The van der Waals surface area contributed by atoms with Gasteiger partial charge in [0.1, 0.15) is 0 Å². The van der Waals surface area contributed by atoms with Gasteiger partial charge in [-0.25, -0.2) is 0 Å². The minimum Gasteiger partial charge on any atom is -0.385 e. The van der Waals surface area contributed by atoms with Gasteiger partial charge in [0, 0.05) is 41.4 Å². The number of nitrogens with one attached hydrogen (secondary N) is 3. The van der Waals surface area contributed by atoms with E-state index in [9.17, 15) is 32.7 Å². The summed E-state index contributed by atoms with van der Waals surface area (Å²) in [5.41, 5.74) is 3.70. The summed E-state index contributed by atoms with van der Waals surface area (Å²) >= 11 is 1.27. The lowest BCUT2D eigenvalue weighted by Crippen LogP contribution is -2.42. The Balaban J connectivity index is 1.44. The molecule has 214 valence electrons. The van der Waals surface area contributed by atoms with Gasteiger partial charge < -0.3 is 31.8 Å². The maximum atomic E-state index is 12.9. The van der Waals surface area contributed by atoms with Crippen LogP contribution < -0.4 is 16.4 Å². The lowest BCUT2D eigenvalue weighted by atomic mass is 9.76. The SMILES string of the molecule is CCN1C=C(C2(O)CCC(C(=N)C[C@@H](C)NC(=O)CNC(=O)c3cccc(C(F)(F)F)c3)CC2)SC1C(N)=O. The number of amides is 3. The number of hydrogen-bond donors (Lipinski definition) is 5. The predicted molar refractivity (Wildman–Crippen MR) is 142 cm³/mol. The second-order valence-electron chi connectivity index (χ2n) is 9.96. The Morgan fingerprint density at radius 1 is 1.28 bits per heavy atom. The Labute approximate surface area is 229 Å². The molecule has 13 heteroatoms. The van der Waals surface area contributed by atoms with E-state index in [0.29, 0.717) is 42.8 Å². The molecule has 39 heavy (non-hydrogen) atoms. The van der Waals surface area contributed by atoms with Crippen molar-refractivity contribution >= 4 is 35.2 Å². The van der Waals surface area contributed by atoms with Gasteiger partial charge in [-0.1, -0.05) is 17.8 Å². The van der Waals surface area contributed by atoms with Crippen LogP contribution in [0.15, 0.2) is 35.4 Å². The number of halogens is 3. The monoisotopic (exact) mass is 569 g/mol. The summed E-state index contributed by atoms with van der Waals surface area (Å²) in [7, 11) is 0. The number of thioether (sulfide) groups is 1. The van der Waals surface area contributed by atoms with Gasteiger partial charge in [-0.3, -0.25) is 14.4 Å². The van der Waals surface area contributed by atoms with Crippen molar-refractivity contribution < 1.29 is 32.7 Å². The first-order valence-corrected chi connectivity index (χ1v) is 13.6. The number of benzene rings is 1. The fourth-order valence-electron chi connectivity index (χ4n) is 4.81. The number of rotatable bonds is 10. The Kier molecular flexibility index (Phi) is 9.70. The number of nitrogens with zero attached hydrogens (tertiary/aromatic N) is 1. The number of nitrogens with two attached hydrogens (primary N) is 1. The molecule has 2 atom stereocenters. The molecule has 1 unspecified atom stereocenters. The average Bonchev–Trinajstić information content (AvgIpc) is 3.33. The molecule has 3 amide bonds. The van der Waals surface area contributed by atoms with E-state index in [2.05, 4.69) is 10.6 Å². The third kappa shape index (κ3) is 7.75. The van der Waals surface area contributed by atoms with Gasteiger partial charge in [0.2, 0.25) is 5.91 Å². The summed E-state index contributed by atoms with van der Waals surface area (Å²) in [5.74, 6) is -1.85. The van der Waals surface area contributed by atoms with Crippen molar-refractivity contribution in [2.45, 2.75) is 69.1 Å². The number of alkyl halides is 3. The van der Waals surface area contributed by atoms with Crippen LogP contribution in [-0.4, -0.2) is 63.5 Å². The van der Waals surface area contributed by atoms with Gasteiger partial charge in [0.05, 0.1) is 17.7 Å². The summed E-state index contributed by atoms with van der Waals surface area (Å²) in [6.07, 6.45) is -0.477. The van der Waals surface area contributed by atoms with E-state index in [0.717, 1.165) is 18.2 Å². The zero-order chi connectivity index (χ0) is 29.0. The van der Waals surface area contributed by atoms with Crippen LogP contribution in [0.25, 0.3) is 0 Å². The van der Waals surface area contributed by atoms with E-state index in [1.54, 1.807) is 18.0 Å². The summed E-state index contributed by atoms with van der Waals surface area (Å²) in [4.78, 5) is 38.7. The third-order valence-corrected chi connectivity index (χ3v) is 8.46. The standard InChI is InChI=1S/C26H34F3N5O4S/c1-3-34-14-20(39-24(34)22(31)36)25(38)9-7-16(8-10-25)19(30)11-15(2)33-21(35)13-32-23(37)17-5-4-6-18(12-17)26(27,28)29/h4-6,12,14-16,24,30,38H,3,7-11,13H2,1-2H3,(H2,31,36)(H,32,37)(H,33,35)/t15-,16?,24?,25?/m1/s1. The van der Waals surface area contributed by atoms with E-state index in [-0.39, 0.29) is 17.9 Å². The fraction of sp³-hybridized carbons (Fsp3) is 0.538. The number of carbonyl (C=O) groups is 3. The van der Waals surface area contributed by atoms with Crippen LogP contribution in [-0.2, 0) is 15.8 Å². The minimum atomic E-state index is -4.58. The molecule has 6 N–H and O–H groups in total. The number of primary amides is 1. The van der Waals surface area contributed by atoms with Crippen molar-refractivity contribution in [3.05, 3.63) is 46.5 Å². The normalized spacial score (nSPS) is 24.1. The van der Waals surface area contributed by atoms with Crippen LogP contribution >= 0.6 is 11.8 Å². The second-order valence-corrected chi connectivity index (χ2v) is 11.1. The van der Waals surface area contributed by atoms with Gasteiger partial charge in [-0.15, -0.1) is 0 Å². The summed E-state index contributed by atoms with van der Waals surface area (Å²) in [6.45, 7) is 3.80. The second kappa shape index (κ2) is 12.4. The highest BCUT2D eigenvalue weighted by Gasteiger charge is 2.43. The zero-order valence-corrected chi connectivity index (χ0v) is 22.6. The maximum absolute atomic E-state index is 12.9. The van der Waals surface area contributed by atoms with Crippen LogP contribution in [0.2, 0.25) is 0 Å². The summed E-state index contributed by atoms with van der Waals surface area (Å²) in [6, 6.07) is 3.53. The van der Waals surface area contributed by atoms with Crippen molar-refractivity contribution in [3.63, 3.8) is 0 Å². The zero-order valence-electron chi connectivity index (χ0n) is 21.8. The molecule has 1 fully saturated rings. The first-order valence-electron chi connectivity index (χ1n) is 12.7. The minimum absolute atomic E-state index is 0.0635. The number of carbonyl (C=O) groups excluding carboxylic acids is 3. The van der Waals surface area contributed by atoms with Crippen LogP contribution in [0.3, 0.4) is 0 Å². The summed E-state index contributed by atoms with van der Waals surface area (Å²) in [5, 5.41) is 24.2. The molecular formula is C26H34F3N5O4S. The molecule has 1 heterocycles. The van der Waals surface area contributed by atoms with Crippen molar-refractivity contribution in [2.24, 2.45) is 11.7 Å². The highest BCUT2D eigenvalue weighted by atomic mass is 32.2. The van der Waals surface area contributed by atoms with Gasteiger partial charge in [-0.05, 0) is 63.6 Å². The molecule has 1 saturated carbocycles. The molecule has 9 nitrogen and oxygen atoms in total. The Bertz CT molecular complexity index is 1130. The van der Waals surface area contributed by atoms with Crippen LogP contribution in [0.1, 0.15) is 61.9 Å². The van der Waals surface area contributed by atoms with E-state index >= 15 is 0 Å². The van der Waals surface area contributed by atoms with Crippen molar-refractivity contribution in [2.75, 3.05) is 13.1 Å². The predicted octanol–water partition coefficient (Wildman–Crippen LogP) is 2.99. The number of hydrogen-bond acceptors (Lipinski definition) is 7. The molecule has 0 saturated heterocycles. The van der Waals surface area contributed by atoms with Gasteiger partial charge in [-0.2, -0.15) is 13.2 Å². The molecule has 0 bridgehead atoms. The van der Waals surface area contributed by atoms with Crippen molar-refractivity contribution in [3.8, 4) is 0 Å². The molecule has 1 aromatic rings. The largest absolute Gasteiger partial charge is 0.416 e. The average molecular weight is 570 g/mol. The van der Waals surface area contributed by atoms with Gasteiger partial charge in [0.15, 0.2) is 5.37 Å². The molecule has 0 spiro atoms. The molecular weight excluding hydrogens is 535 g/mol. The molecule has 3 rings (SSSR count). The van der Waals surface area contributed by atoms with E-state index in [1.165, 1.54) is 17.8 Å². The Hall–Kier alpha value is -3.06. The molecule has 1 aromatic carbocycles. The molecule has 0 radical (unpaired) electrons. The fourth-order valence-corrected chi connectivity index (χ4v) is 6.13. The topological polar surface area (TPSA) is 149 Å². The quantitative estimate of drug-likeness (QED) is 0.274. The van der Waals surface area contributed by atoms with Crippen LogP contribution in [0, 0.1) is 11.3 Å². The van der Waals surface area contributed by atoms with Gasteiger partial charge >= 0.3 is 6.18 Å². The highest BCUT2D eigenvalue weighted by Crippen LogP contribution is 2.46. The smallest absolute Gasteiger partial charge is 0.385 e. The molecule has 1 aliphatic heterocycles. The lowest BCUT2D eigenvalue weighted by molar-refractivity contribution is -0.137. The first-order chi connectivity index (χ1) is 18.2. The van der Waals surface area contributed by atoms with Crippen LogP contribution in [0.5, 0.6) is 0 Å². The molecule has 2 aliphatic rings. The van der Waals surface area contributed by atoms with E-state index in [1.807, 2.05) is 6.92 Å². The van der Waals surface area contributed by atoms with E-state index < -0.39 is 53.0 Å². The van der Waals surface area contributed by atoms with Crippen LogP contribution in [0.4, 0.5) is 13.2 Å². The lowest BCUT2D eigenvalue weighted by Gasteiger charge is -2.37. The van der Waals surface area contributed by atoms with Crippen molar-refractivity contribution in [1.29, 1.82) is 5.41 Å².